The van der Waals surface area contributed by atoms with Gasteiger partial charge in [-0.25, -0.2) is 13.1 Å². The van der Waals surface area contributed by atoms with Crippen molar-refractivity contribution >= 4 is 33.4 Å². The SMILES string of the molecule is CS(=O)(=O)NCC(C1CCCCC1)N1CCN(C(=O)[C@@H](Cc2ccc(Cl)cc2)NC(=O)[C@H]2Cc3ccccc3CN2)CC1. The van der Waals surface area contributed by atoms with Crippen LogP contribution >= 0.6 is 11.6 Å². The first kappa shape index (κ1) is 31.9. The van der Waals surface area contributed by atoms with Gasteiger partial charge in [0.2, 0.25) is 21.8 Å². The summed E-state index contributed by atoms with van der Waals surface area (Å²) in [7, 11) is -3.30. The lowest BCUT2D eigenvalue weighted by Gasteiger charge is -2.44. The molecule has 2 amide bonds. The van der Waals surface area contributed by atoms with Crippen molar-refractivity contribution in [1.82, 2.24) is 25.2 Å². The summed E-state index contributed by atoms with van der Waals surface area (Å²) in [5.74, 6) is 0.169. The number of benzene rings is 2. The number of nitrogens with one attached hydrogen (secondary N) is 3. The van der Waals surface area contributed by atoms with E-state index in [1.165, 1.54) is 31.1 Å². The summed E-state index contributed by atoms with van der Waals surface area (Å²) in [5, 5.41) is 7.04. The average molecular weight is 630 g/mol. The maximum absolute atomic E-state index is 14.0. The third kappa shape index (κ3) is 8.79. The van der Waals surface area contributed by atoms with Crippen LogP contribution in [0.25, 0.3) is 0 Å². The van der Waals surface area contributed by atoms with Crippen molar-refractivity contribution in [2.24, 2.45) is 5.92 Å². The van der Waals surface area contributed by atoms with Crippen LogP contribution < -0.4 is 15.4 Å². The van der Waals surface area contributed by atoms with Crippen LogP contribution in [-0.2, 0) is 39.0 Å². The molecule has 3 aliphatic rings. The molecule has 2 aromatic rings. The molecule has 1 saturated heterocycles. The summed E-state index contributed by atoms with van der Waals surface area (Å²) in [6.45, 7) is 3.40. The molecular weight excluding hydrogens is 586 g/mol. The Morgan fingerprint density at radius 2 is 1.65 bits per heavy atom. The first-order chi connectivity index (χ1) is 20.7. The van der Waals surface area contributed by atoms with Crippen molar-refractivity contribution in [1.29, 1.82) is 0 Å². The summed E-state index contributed by atoms with van der Waals surface area (Å²) in [6.07, 6.45) is 7.93. The molecule has 3 atom stereocenters. The minimum Gasteiger partial charge on any atom is -0.343 e. The normalized spacial score (nSPS) is 21.5. The first-order valence-electron chi connectivity index (χ1n) is 15.5. The highest BCUT2D eigenvalue weighted by Gasteiger charge is 2.35. The van der Waals surface area contributed by atoms with Gasteiger partial charge in [0, 0.05) is 56.8 Å². The molecule has 3 N–H and O–H groups in total. The van der Waals surface area contributed by atoms with Gasteiger partial charge in [-0.1, -0.05) is 67.3 Å². The van der Waals surface area contributed by atoms with E-state index in [2.05, 4.69) is 32.4 Å². The Labute approximate surface area is 260 Å². The van der Waals surface area contributed by atoms with Gasteiger partial charge < -0.3 is 15.5 Å². The second kappa shape index (κ2) is 14.5. The van der Waals surface area contributed by atoms with Crippen LogP contribution in [0.15, 0.2) is 48.5 Å². The van der Waals surface area contributed by atoms with Crippen molar-refractivity contribution in [2.45, 2.75) is 69.6 Å². The van der Waals surface area contributed by atoms with Crippen LogP contribution in [0.2, 0.25) is 5.02 Å². The van der Waals surface area contributed by atoms with Gasteiger partial charge in [-0.05, 0) is 54.0 Å². The number of piperazine rings is 1. The topological polar surface area (TPSA) is 111 Å². The average Bonchev–Trinajstić information content (AvgIpc) is 3.01. The quantitative estimate of drug-likeness (QED) is 0.373. The van der Waals surface area contributed by atoms with Crippen molar-refractivity contribution in [3.63, 3.8) is 0 Å². The number of carbonyl (C=O) groups excluding carboxylic acids is 2. The Kier molecular flexibility index (Phi) is 10.8. The van der Waals surface area contributed by atoms with E-state index in [9.17, 15) is 18.0 Å². The summed E-state index contributed by atoms with van der Waals surface area (Å²) < 4.78 is 26.6. The van der Waals surface area contributed by atoms with Crippen LogP contribution in [0.4, 0.5) is 0 Å². The Morgan fingerprint density at radius 1 is 0.977 bits per heavy atom. The van der Waals surface area contributed by atoms with E-state index in [-0.39, 0.29) is 17.9 Å². The number of hydrogen-bond acceptors (Lipinski definition) is 6. The number of sulfonamides is 1. The van der Waals surface area contributed by atoms with E-state index in [0.717, 1.165) is 24.0 Å². The molecular formula is C32H44ClN5O4S. The molecule has 0 bridgehead atoms. The molecule has 0 aromatic heterocycles. The molecule has 2 heterocycles. The van der Waals surface area contributed by atoms with Crippen LogP contribution in [0.5, 0.6) is 0 Å². The zero-order valence-corrected chi connectivity index (χ0v) is 26.5. The zero-order chi connectivity index (χ0) is 30.4. The number of fused-ring (bicyclic) bond motifs is 1. The van der Waals surface area contributed by atoms with E-state index in [1.807, 2.05) is 29.2 Å². The minimum atomic E-state index is -3.30. The maximum Gasteiger partial charge on any atom is 0.245 e. The number of halogens is 1. The van der Waals surface area contributed by atoms with Gasteiger partial charge in [-0.2, -0.15) is 0 Å². The van der Waals surface area contributed by atoms with Gasteiger partial charge >= 0.3 is 0 Å². The number of rotatable bonds is 10. The van der Waals surface area contributed by atoms with Crippen molar-refractivity contribution in [2.75, 3.05) is 39.0 Å². The second-order valence-corrected chi connectivity index (χ2v) is 14.5. The molecule has 2 aliphatic heterocycles. The predicted octanol–water partition coefficient (Wildman–Crippen LogP) is 2.72. The van der Waals surface area contributed by atoms with Crippen LogP contribution in [0, 0.1) is 5.92 Å². The Hall–Kier alpha value is -2.50. The third-order valence-electron chi connectivity index (χ3n) is 9.21. The lowest BCUT2D eigenvalue weighted by molar-refractivity contribution is -0.138. The molecule has 2 fully saturated rings. The van der Waals surface area contributed by atoms with Crippen LogP contribution in [0.1, 0.15) is 48.8 Å². The monoisotopic (exact) mass is 629 g/mol. The highest BCUT2D eigenvalue weighted by atomic mass is 35.5. The van der Waals surface area contributed by atoms with E-state index in [1.54, 1.807) is 12.1 Å². The molecule has 5 rings (SSSR count). The predicted molar refractivity (Wildman–Crippen MR) is 169 cm³/mol. The molecule has 0 radical (unpaired) electrons. The van der Waals surface area contributed by atoms with Gasteiger partial charge in [0.1, 0.15) is 6.04 Å². The first-order valence-corrected chi connectivity index (χ1v) is 17.8. The van der Waals surface area contributed by atoms with E-state index < -0.39 is 22.1 Å². The second-order valence-electron chi connectivity index (χ2n) is 12.2. The zero-order valence-electron chi connectivity index (χ0n) is 24.9. The Bertz CT molecular complexity index is 1360. The molecule has 43 heavy (non-hydrogen) atoms. The molecule has 2 aromatic carbocycles. The number of carbonyl (C=O) groups is 2. The Morgan fingerprint density at radius 3 is 2.33 bits per heavy atom. The largest absolute Gasteiger partial charge is 0.343 e. The standard InChI is InChI=1S/C32H44ClN5O4S/c1-43(41,42)35-22-30(24-7-3-2-4-8-24)37-15-17-38(18-16-37)32(40)29(19-23-11-13-27(33)14-12-23)36-31(39)28-20-25-9-5-6-10-26(25)21-34-28/h5-6,9-14,24,28-30,34-35H,2-4,7-8,15-22H2,1H3,(H,36,39)/t28-,29-,30?/m1/s1. The molecule has 1 unspecified atom stereocenters. The van der Waals surface area contributed by atoms with Crippen LogP contribution in [0.3, 0.4) is 0 Å². The Balaban J connectivity index is 1.25. The highest BCUT2D eigenvalue weighted by molar-refractivity contribution is 7.88. The van der Waals surface area contributed by atoms with E-state index in [4.69, 9.17) is 11.6 Å². The molecule has 9 nitrogen and oxygen atoms in total. The van der Waals surface area contributed by atoms with E-state index in [0.29, 0.717) is 63.1 Å². The van der Waals surface area contributed by atoms with Crippen molar-refractivity contribution in [3.05, 3.63) is 70.2 Å². The summed E-state index contributed by atoms with van der Waals surface area (Å²) in [5.41, 5.74) is 3.26. The smallest absolute Gasteiger partial charge is 0.245 e. The van der Waals surface area contributed by atoms with Gasteiger partial charge in [0.05, 0.1) is 12.3 Å². The number of amides is 2. The lowest BCUT2D eigenvalue weighted by Crippen LogP contribution is -2.60. The van der Waals surface area contributed by atoms with E-state index >= 15 is 0 Å². The number of nitrogens with zero attached hydrogens (tertiary/aromatic N) is 2. The minimum absolute atomic E-state index is 0.0948. The number of hydrogen-bond donors (Lipinski definition) is 3. The van der Waals surface area contributed by atoms with Gasteiger partial charge in [0.15, 0.2) is 0 Å². The summed E-state index contributed by atoms with van der Waals surface area (Å²) >= 11 is 6.11. The lowest BCUT2D eigenvalue weighted by atomic mass is 9.83. The fourth-order valence-electron chi connectivity index (χ4n) is 6.81. The molecule has 11 heteroatoms. The summed E-state index contributed by atoms with van der Waals surface area (Å²) in [4.78, 5) is 31.7. The van der Waals surface area contributed by atoms with Crippen molar-refractivity contribution < 1.29 is 18.0 Å². The van der Waals surface area contributed by atoms with Crippen LogP contribution in [-0.4, -0.2) is 87.1 Å². The third-order valence-corrected chi connectivity index (χ3v) is 10.2. The molecule has 1 saturated carbocycles. The van der Waals surface area contributed by atoms with Gasteiger partial charge in [-0.3, -0.25) is 14.5 Å². The van der Waals surface area contributed by atoms with Gasteiger partial charge in [-0.15, -0.1) is 0 Å². The molecule has 1 aliphatic carbocycles. The fourth-order valence-corrected chi connectivity index (χ4v) is 7.41. The molecule has 234 valence electrons. The maximum atomic E-state index is 14.0. The van der Waals surface area contributed by atoms with Gasteiger partial charge in [0.25, 0.3) is 0 Å². The van der Waals surface area contributed by atoms with Crippen molar-refractivity contribution in [3.8, 4) is 0 Å². The fraction of sp³-hybridized carbons (Fsp3) is 0.562. The summed E-state index contributed by atoms with van der Waals surface area (Å²) in [6, 6.07) is 14.5. The highest BCUT2D eigenvalue weighted by Crippen LogP contribution is 2.30. The molecule has 0 spiro atoms.